The van der Waals surface area contributed by atoms with Crippen LogP contribution in [-0.2, 0) is 22.7 Å². The van der Waals surface area contributed by atoms with Gasteiger partial charge in [-0.3, -0.25) is 5.32 Å². The van der Waals surface area contributed by atoms with Gasteiger partial charge < -0.3 is 4.74 Å². The smallest absolute Gasteiger partial charge is 0.194 e. The van der Waals surface area contributed by atoms with Gasteiger partial charge in [-0.1, -0.05) is 18.2 Å². The summed E-state index contributed by atoms with van der Waals surface area (Å²) in [4.78, 5) is 0.401. The van der Waals surface area contributed by atoms with Crippen molar-refractivity contribution in [3.63, 3.8) is 0 Å². The van der Waals surface area contributed by atoms with Gasteiger partial charge in [0.1, 0.15) is 11.1 Å². The molecule has 1 saturated carbocycles. The average Bonchev–Trinajstić information content (AvgIpc) is 3.37. The third-order valence-electron chi connectivity index (χ3n) is 5.36. The van der Waals surface area contributed by atoms with Crippen molar-refractivity contribution in [1.29, 1.82) is 0 Å². The molecule has 2 aromatic carbocycles. The SMILES string of the molecule is COc1ccc2c(c1)CC1(CC1)NC(S(=O)(=O)c1cccc(C)c1)C2. The zero-order valence-corrected chi connectivity index (χ0v) is 15.4. The molecule has 4 nitrogen and oxygen atoms in total. The van der Waals surface area contributed by atoms with E-state index >= 15 is 0 Å². The van der Waals surface area contributed by atoms with Gasteiger partial charge >= 0.3 is 0 Å². The first-order valence-electron chi connectivity index (χ1n) is 8.66. The average molecular weight is 357 g/mol. The Morgan fingerprint density at radius 3 is 2.60 bits per heavy atom. The van der Waals surface area contributed by atoms with Crippen LogP contribution in [0.5, 0.6) is 5.75 Å². The number of hydrogen-bond acceptors (Lipinski definition) is 4. The molecule has 132 valence electrons. The monoisotopic (exact) mass is 357 g/mol. The molecule has 0 aromatic heterocycles. The lowest BCUT2D eigenvalue weighted by Gasteiger charge is -2.22. The summed E-state index contributed by atoms with van der Waals surface area (Å²) in [5.74, 6) is 0.828. The fraction of sp³-hybridized carbons (Fsp3) is 0.400. The molecule has 1 unspecified atom stereocenters. The van der Waals surface area contributed by atoms with Crippen molar-refractivity contribution in [2.24, 2.45) is 0 Å². The van der Waals surface area contributed by atoms with Crippen LogP contribution < -0.4 is 10.1 Å². The molecular weight excluding hydrogens is 334 g/mol. The molecule has 2 aromatic rings. The number of ether oxygens (including phenoxy) is 1. The van der Waals surface area contributed by atoms with Crippen molar-refractivity contribution >= 4 is 9.84 Å². The Kier molecular flexibility index (Phi) is 3.89. The van der Waals surface area contributed by atoms with Gasteiger partial charge in [0, 0.05) is 12.0 Å². The maximum atomic E-state index is 13.3. The molecule has 1 aliphatic carbocycles. The fourth-order valence-electron chi connectivity index (χ4n) is 3.72. The van der Waals surface area contributed by atoms with E-state index in [0.717, 1.165) is 36.1 Å². The number of nitrogens with one attached hydrogen (secondary N) is 1. The zero-order chi connectivity index (χ0) is 17.7. The molecule has 1 heterocycles. The predicted octanol–water partition coefficient (Wildman–Crippen LogP) is 3.02. The summed E-state index contributed by atoms with van der Waals surface area (Å²) in [5, 5.41) is 2.89. The van der Waals surface area contributed by atoms with Crippen molar-refractivity contribution in [3.05, 3.63) is 59.2 Å². The minimum absolute atomic E-state index is 0.0842. The Morgan fingerprint density at radius 1 is 1.12 bits per heavy atom. The van der Waals surface area contributed by atoms with Gasteiger partial charge in [-0.25, -0.2) is 8.42 Å². The topological polar surface area (TPSA) is 55.4 Å². The van der Waals surface area contributed by atoms with Crippen LogP contribution >= 0.6 is 0 Å². The van der Waals surface area contributed by atoms with E-state index in [1.54, 1.807) is 19.2 Å². The molecule has 0 amide bonds. The molecule has 0 radical (unpaired) electrons. The lowest BCUT2D eigenvalue weighted by molar-refractivity contribution is 0.413. The number of sulfone groups is 1. The highest BCUT2D eigenvalue weighted by Crippen LogP contribution is 2.43. The second kappa shape index (κ2) is 5.85. The van der Waals surface area contributed by atoms with E-state index in [1.165, 1.54) is 5.56 Å². The summed E-state index contributed by atoms with van der Waals surface area (Å²) >= 11 is 0. The normalized spacial score (nSPS) is 21.4. The molecule has 1 N–H and O–H groups in total. The first-order chi connectivity index (χ1) is 11.9. The second-order valence-electron chi connectivity index (χ2n) is 7.29. The van der Waals surface area contributed by atoms with Gasteiger partial charge in [-0.2, -0.15) is 0 Å². The molecule has 1 fully saturated rings. The summed E-state index contributed by atoms with van der Waals surface area (Å²) in [6.45, 7) is 1.92. The van der Waals surface area contributed by atoms with Crippen molar-refractivity contribution in [2.45, 2.75) is 48.4 Å². The Hall–Kier alpha value is -1.85. The second-order valence-corrected chi connectivity index (χ2v) is 9.42. The van der Waals surface area contributed by atoms with Crippen LogP contribution in [0, 0.1) is 6.92 Å². The van der Waals surface area contributed by atoms with Crippen LogP contribution in [0.3, 0.4) is 0 Å². The summed E-state index contributed by atoms with van der Waals surface area (Å²) in [7, 11) is -1.78. The number of hydrogen-bond donors (Lipinski definition) is 1. The molecule has 1 aliphatic heterocycles. The quantitative estimate of drug-likeness (QED) is 0.917. The number of fused-ring (bicyclic) bond motifs is 1. The molecule has 25 heavy (non-hydrogen) atoms. The van der Waals surface area contributed by atoms with Crippen molar-refractivity contribution in [2.75, 3.05) is 7.11 Å². The molecule has 0 bridgehead atoms. The lowest BCUT2D eigenvalue weighted by atomic mass is 9.99. The Bertz CT molecular complexity index is 916. The zero-order valence-electron chi connectivity index (χ0n) is 14.6. The number of benzene rings is 2. The molecule has 1 spiro atoms. The molecule has 4 rings (SSSR count). The summed E-state index contributed by atoms with van der Waals surface area (Å²) < 4.78 is 31.9. The van der Waals surface area contributed by atoms with Crippen molar-refractivity contribution < 1.29 is 13.2 Å². The van der Waals surface area contributed by atoms with Crippen LogP contribution in [0.25, 0.3) is 0 Å². The van der Waals surface area contributed by atoms with Crippen molar-refractivity contribution in [3.8, 4) is 5.75 Å². The van der Waals surface area contributed by atoms with Crippen LogP contribution in [0.4, 0.5) is 0 Å². The minimum Gasteiger partial charge on any atom is -0.497 e. The first-order valence-corrected chi connectivity index (χ1v) is 10.2. The van der Waals surface area contributed by atoms with Crippen molar-refractivity contribution in [1.82, 2.24) is 5.32 Å². The Labute approximate surface area is 149 Å². The molecule has 0 saturated heterocycles. The van der Waals surface area contributed by atoms with Gasteiger partial charge in [-0.05, 0) is 67.1 Å². The summed E-state index contributed by atoms with van der Waals surface area (Å²) in [6, 6.07) is 13.2. The van der Waals surface area contributed by atoms with E-state index in [1.807, 2.05) is 31.2 Å². The lowest BCUT2D eigenvalue weighted by Crippen LogP contribution is -2.45. The van der Waals surface area contributed by atoms with Crippen LogP contribution in [-0.4, -0.2) is 26.4 Å². The van der Waals surface area contributed by atoms with E-state index in [4.69, 9.17) is 4.74 Å². The highest BCUT2D eigenvalue weighted by Gasteiger charge is 2.48. The minimum atomic E-state index is -3.44. The van der Waals surface area contributed by atoms with Gasteiger partial charge in [-0.15, -0.1) is 0 Å². The predicted molar refractivity (Wildman–Crippen MR) is 97.7 cm³/mol. The van der Waals surface area contributed by atoms with Gasteiger partial charge in [0.2, 0.25) is 0 Å². The number of methoxy groups -OCH3 is 1. The third-order valence-corrected chi connectivity index (χ3v) is 7.31. The standard InChI is InChI=1S/C20H23NO3S/c1-14-4-3-5-18(10-14)25(22,23)19-12-15-6-7-17(24-2)11-16(15)13-20(21-19)8-9-20/h3-7,10-11,19,21H,8-9,12-13H2,1-2H3. The van der Waals surface area contributed by atoms with E-state index in [-0.39, 0.29) is 5.54 Å². The summed E-state index contributed by atoms with van der Waals surface area (Å²) in [6.07, 6.45) is 3.38. The number of rotatable bonds is 3. The van der Waals surface area contributed by atoms with E-state index in [2.05, 4.69) is 11.4 Å². The molecular formula is C20H23NO3S. The largest absolute Gasteiger partial charge is 0.497 e. The van der Waals surface area contributed by atoms with Gasteiger partial charge in [0.15, 0.2) is 9.84 Å². The maximum Gasteiger partial charge on any atom is 0.194 e. The Morgan fingerprint density at radius 2 is 1.92 bits per heavy atom. The van der Waals surface area contributed by atoms with Gasteiger partial charge in [0.05, 0.1) is 12.0 Å². The number of aryl methyl sites for hydroxylation is 1. The van der Waals surface area contributed by atoms with E-state index in [0.29, 0.717) is 11.3 Å². The van der Waals surface area contributed by atoms with Crippen LogP contribution in [0.1, 0.15) is 29.5 Å². The maximum absolute atomic E-state index is 13.3. The van der Waals surface area contributed by atoms with Crippen LogP contribution in [0.15, 0.2) is 47.4 Å². The van der Waals surface area contributed by atoms with E-state index < -0.39 is 15.2 Å². The highest BCUT2D eigenvalue weighted by atomic mass is 32.2. The van der Waals surface area contributed by atoms with Gasteiger partial charge in [0.25, 0.3) is 0 Å². The van der Waals surface area contributed by atoms with E-state index in [9.17, 15) is 8.42 Å². The molecule has 2 aliphatic rings. The molecule has 5 heteroatoms. The molecule has 1 atom stereocenters. The third kappa shape index (κ3) is 3.07. The Balaban J connectivity index is 1.75. The first kappa shape index (κ1) is 16.6. The van der Waals surface area contributed by atoms with Crippen LogP contribution in [0.2, 0.25) is 0 Å². The summed E-state index contributed by atoms with van der Waals surface area (Å²) in [5.41, 5.74) is 3.17. The highest BCUT2D eigenvalue weighted by molar-refractivity contribution is 7.92. The fourth-order valence-corrected chi connectivity index (χ4v) is 5.47.